The fraction of sp³-hybridized carbons (Fsp3) is 0.294. The Labute approximate surface area is 260 Å². The number of nitrogens with one attached hydrogen (secondary N) is 2. The first-order chi connectivity index (χ1) is 21.5. The van der Waals surface area contributed by atoms with Crippen LogP contribution in [0.4, 0.5) is 0 Å². The van der Waals surface area contributed by atoms with Crippen molar-refractivity contribution in [1.82, 2.24) is 10.6 Å². The van der Waals surface area contributed by atoms with Crippen molar-refractivity contribution in [3.05, 3.63) is 121 Å². The van der Waals surface area contributed by atoms with Gasteiger partial charge in [-0.05, 0) is 61.4 Å². The molecule has 0 aromatic heterocycles. The molecule has 4 aromatic rings. The van der Waals surface area contributed by atoms with Crippen LogP contribution in [0.1, 0.15) is 25.7 Å². The zero-order valence-corrected chi connectivity index (χ0v) is 26.5. The van der Waals surface area contributed by atoms with Crippen molar-refractivity contribution in [1.29, 1.82) is 0 Å². The highest BCUT2D eigenvalue weighted by Gasteiger charge is 2.32. The van der Waals surface area contributed by atoms with Crippen LogP contribution in [0.5, 0.6) is 23.0 Å². The molecule has 0 bridgehead atoms. The van der Waals surface area contributed by atoms with Crippen LogP contribution < -0.4 is 28.7 Å². The molecule has 1 saturated carbocycles. The third-order valence-electron chi connectivity index (χ3n) is 7.30. The van der Waals surface area contributed by atoms with Crippen LogP contribution in [-0.4, -0.2) is 37.5 Å². The molecule has 0 unspecified atom stereocenters. The van der Waals surface area contributed by atoms with E-state index in [9.17, 15) is 9.13 Å². The molecule has 0 spiro atoms. The van der Waals surface area contributed by atoms with Crippen molar-refractivity contribution < 1.29 is 27.2 Å². The second-order valence-corrected chi connectivity index (χ2v) is 14.8. The van der Waals surface area contributed by atoms with Gasteiger partial charge in [-0.15, -0.1) is 0 Å². The quantitative estimate of drug-likeness (QED) is 0.119. The predicted molar refractivity (Wildman–Crippen MR) is 175 cm³/mol. The summed E-state index contributed by atoms with van der Waals surface area (Å²) in [6, 6.07) is 36.8. The van der Waals surface area contributed by atoms with Gasteiger partial charge in [-0.2, -0.15) is 0 Å². The van der Waals surface area contributed by atoms with Crippen LogP contribution in [-0.2, 0) is 9.13 Å². The SMILES string of the molecule is O=P(CCN[C@@H]1CCCC[C@H]1NCCP(=O)(Oc1ccccc1)Oc1ccccc1)(Oc1ccccc1)Oc1ccccc1. The number of benzene rings is 4. The van der Waals surface area contributed by atoms with E-state index in [-0.39, 0.29) is 24.4 Å². The van der Waals surface area contributed by atoms with Crippen LogP contribution >= 0.6 is 15.2 Å². The molecule has 0 heterocycles. The molecule has 10 heteroatoms. The molecule has 2 N–H and O–H groups in total. The average molecular weight is 635 g/mol. The van der Waals surface area contributed by atoms with Crippen LogP contribution in [0.15, 0.2) is 121 Å². The Hall–Kier alpha value is -3.54. The molecule has 0 aliphatic heterocycles. The number of rotatable bonds is 16. The minimum Gasteiger partial charge on any atom is -0.416 e. The molecular weight excluding hydrogens is 594 g/mol. The van der Waals surface area contributed by atoms with Crippen molar-refractivity contribution in [3.63, 3.8) is 0 Å². The molecule has 8 nitrogen and oxygen atoms in total. The van der Waals surface area contributed by atoms with E-state index in [2.05, 4.69) is 10.6 Å². The Balaban J connectivity index is 1.18. The van der Waals surface area contributed by atoms with Crippen molar-refractivity contribution in [2.24, 2.45) is 0 Å². The van der Waals surface area contributed by atoms with Crippen molar-refractivity contribution in [3.8, 4) is 23.0 Å². The molecule has 44 heavy (non-hydrogen) atoms. The van der Waals surface area contributed by atoms with Gasteiger partial charge in [0.05, 0.1) is 12.3 Å². The second-order valence-electron chi connectivity index (χ2n) is 10.7. The summed E-state index contributed by atoms with van der Waals surface area (Å²) in [6.07, 6.45) is 4.54. The topological polar surface area (TPSA) is 95.1 Å². The van der Waals surface area contributed by atoms with E-state index in [1.165, 1.54) is 0 Å². The lowest BCUT2D eigenvalue weighted by molar-refractivity contribution is 0.288. The van der Waals surface area contributed by atoms with E-state index in [1.807, 2.05) is 72.8 Å². The molecule has 4 aromatic carbocycles. The Bertz CT molecular complexity index is 1290. The van der Waals surface area contributed by atoms with Gasteiger partial charge in [0, 0.05) is 25.2 Å². The maximum Gasteiger partial charge on any atom is 0.431 e. The van der Waals surface area contributed by atoms with Crippen LogP contribution in [0.25, 0.3) is 0 Å². The molecular formula is C34H40N2O6P2. The molecule has 1 fully saturated rings. The zero-order chi connectivity index (χ0) is 30.5. The molecule has 2 atom stereocenters. The lowest BCUT2D eigenvalue weighted by atomic mass is 9.90. The predicted octanol–water partition coefficient (Wildman–Crippen LogP) is 8.18. The maximum atomic E-state index is 13.9. The number of hydrogen-bond acceptors (Lipinski definition) is 8. The van der Waals surface area contributed by atoms with Gasteiger partial charge in [-0.25, -0.2) is 9.13 Å². The van der Waals surface area contributed by atoms with Gasteiger partial charge in [0.15, 0.2) is 0 Å². The molecule has 1 aliphatic rings. The highest BCUT2D eigenvalue weighted by atomic mass is 31.2. The van der Waals surface area contributed by atoms with E-state index in [4.69, 9.17) is 18.1 Å². The minimum absolute atomic E-state index is 0.148. The molecule has 0 amide bonds. The van der Waals surface area contributed by atoms with Gasteiger partial charge in [-0.1, -0.05) is 85.6 Å². The van der Waals surface area contributed by atoms with Crippen LogP contribution in [0.2, 0.25) is 0 Å². The summed E-state index contributed by atoms with van der Waals surface area (Å²) in [5.74, 6) is 2.01. The summed E-state index contributed by atoms with van der Waals surface area (Å²) >= 11 is 0. The Morgan fingerprint density at radius 1 is 0.477 bits per heavy atom. The first-order valence-corrected chi connectivity index (χ1v) is 18.6. The Morgan fingerprint density at radius 3 is 1.02 bits per heavy atom. The molecule has 5 rings (SSSR count). The van der Waals surface area contributed by atoms with Crippen molar-refractivity contribution in [2.45, 2.75) is 37.8 Å². The summed E-state index contributed by atoms with van der Waals surface area (Å²) in [5, 5.41) is 7.20. The summed E-state index contributed by atoms with van der Waals surface area (Å²) in [4.78, 5) is 0. The van der Waals surface area contributed by atoms with Crippen LogP contribution in [0.3, 0.4) is 0 Å². The first kappa shape index (κ1) is 31.9. The van der Waals surface area contributed by atoms with Gasteiger partial charge in [0.1, 0.15) is 23.0 Å². The summed E-state index contributed by atoms with van der Waals surface area (Å²) in [5.41, 5.74) is 0. The molecule has 1 aliphatic carbocycles. The molecule has 0 radical (unpaired) electrons. The largest absolute Gasteiger partial charge is 0.431 e. The van der Waals surface area contributed by atoms with Crippen molar-refractivity contribution in [2.75, 3.05) is 25.4 Å². The lowest BCUT2D eigenvalue weighted by Crippen LogP contribution is -2.51. The zero-order valence-electron chi connectivity index (χ0n) is 24.7. The smallest absolute Gasteiger partial charge is 0.416 e. The van der Waals surface area contributed by atoms with E-state index < -0.39 is 15.2 Å². The monoisotopic (exact) mass is 634 g/mol. The third-order valence-corrected chi connectivity index (χ3v) is 10.8. The van der Waals surface area contributed by atoms with Gasteiger partial charge >= 0.3 is 15.2 Å². The molecule has 0 saturated heterocycles. The summed E-state index contributed by atoms with van der Waals surface area (Å²) in [6.45, 7) is 0.902. The van der Waals surface area contributed by atoms with Gasteiger partial charge < -0.3 is 28.7 Å². The Kier molecular flexibility index (Phi) is 11.6. The van der Waals surface area contributed by atoms with Crippen molar-refractivity contribution >= 4 is 15.2 Å². The minimum atomic E-state index is -3.51. The van der Waals surface area contributed by atoms with E-state index in [0.29, 0.717) is 36.1 Å². The normalized spacial score (nSPS) is 17.0. The summed E-state index contributed by atoms with van der Waals surface area (Å²) in [7, 11) is -7.03. The van der Waals surface area contributed by atoms with E-state index in [1.54, 1.807) is 48.5 Å². The first-order valence-electron chi connectivity index (χ1n) is 15.1. The van der Waals surface area contributed by atoms with Gasteiger partial charge in [0.25, 0.3) is 0 Å². The summed E-state index contributed by atoms with van der Waals surface area (Å²) < 4.78 is 51.6. The molecule has 232 valence electrons. The highest BCUT2D eigenvalue weighted by molar-refractivity contribution is 7.55. The average Bonchev–Trinajstić information content (AvgIpc) is 3.03. The third kappa shape index (κ3) is 10.0. The van der Waals surface area contributed by atoms with E-state index >= 15 is 0 Å². The van der Waals surface area contributed by atoms with E-state index in [0.717, 1.165) is 25.7 Å². The van der Waals surface area contributed by atoms with Crippen LogP contribution in [0, 0.1) is 0 Å². The second kappa shape index (κ2) is 16.0. The Morgan fingerprint density at radius 2 is 0.750 bits per heavy atom. The fourth-order valence-electron chi connectivity index (χ4n) is 5.18. The number of hydrogen-bond donors (Lipinski definition) is 2. The van der Waals surface area contributed by atoms with Gasteiger partial charge in [0.2, 0.25) is 0 Å². The maximum absolute atomic E-state index is 13.9. The lowest BCUT2D eigenvalue weighted by Gasteiger charge is -2.34. The standard InChI is InChI=1S/C34H40N2O6P2/c37-43(39-29-15-5-1-6-16-29,40-30-17-7-2-8-18-30)27-25-35-33-23-13-14-24-34(33)36-26-28-44(38,41-31-19-9-3-10-20-31)42-32-21-11-4-12-22-32/h1-12,15-22,33-36H,13-14,23-28H2/t33-,34-/m1/s1. The van der Waals surface area contributed by atoms with Gasteiger partial charge in [-0.3, -0.25) is 0 Å². The highest BCUT2D eigenvalue weighted by Crippen LogP contribution is 2.49. The fourth-order valence-corrected chi connectivity index (χ4v) is 8.20. The number of para-hydroxylation sites is 4.